The Hall–Kier alpha value is -8.47. The number of hydrogen-bond donors (Lipinski definition) is 4. The smallest absolute Gasteiger partial charge is 0.409 e. The number of nitro groups is 1. The molecule has 4 saturated heterocycles. The third-order valence-corrected chi connectivity index (χ3v) is 12.0. The summed E-state index contributed by atoms with van der Waals surface area (Å²) in [6, 6.07) is 29.1. The number of aromatic nitrogens is 2. The van der Waals surface area contributed by atoms with E-state index in [4.69, 9.17) is 18.0 Å². The van der Waals surface area contributed by atoms with Crippen LogP contribution in [0.1, 0.15) is 31.2 Å². The maximum absolute atomic E-state index is 13.5. The number of hydrogen-bond acceptors (Lipinski definition) is 12. The van der Waals surface area contributed by atoms with Gasteiger partial charge in [-0.2, -0.15) is 0 Å². The maximum atomic E-state index is 13.5. The number of carbonyl (C=O) groups excluding carboxylic acids is 6. The topological polar surface area (TPSA) is 238 Å². The van der Waals surface area contributed by atoms with Crippen LogP contribution in [0.2, 0.25) is 0 Å². The number of benzene rings is 4. The van der Waals surface area contributed by atoms with Gasteiger partial charge >= 0.3 is 23.5 Å². The first kappa shape index (κ1) is 46.1. The first-order valence-corrected chi connectivity index (χ1v) is 21.7. The zero-order chi connectivity index (χ0) is 48.0. The second-order valence-electron chi connectivity index (χ2n) is 16.0. The zero-order valence-electron chi connectivity index (χ0n) is 36.0. The van der Waals surface area contributed by atoms with Crippen LogP contribution in [0.4, 0.5) is 41.9 Å². The monoisotopic (exact) mass is 936 g/mol. The summed E-state index contributed by atoms with van der Waals surface area (Å²) in [5.74, 6) is 2.25. The van der Waals surface area contributed by atoms with E-state index in [1.165, 1.54) is 34.1 Å². The number of likely N-dealkylation sites (tertiary alicyclic amines) is 1. The average molecular weight is 937 g/mol. The molecule has 10 rings (SSSR count). The molecule has 20 heteroatoms. The number of pyridine rings is 2. The van der Waals surface area contributed by atoms with Gasteiger partial charge in [0, 0.05) is 71.2 Å². The first-order chi connectivity index (χ1) is 32.8. The highest BCUT2D eigenvalue weighted by Crippen LogP contribution is 2.37. The number of non-ortho nitro benzene ring substituents is 1. The van der Waals surface area contributed by atoms with E-state index in [9.17, 15) is 38.9 Å². The molecule has 19 nitrogen and oxygen atoms in total. The highest BCUT2D eigenvalue weighted by Gasteiger charge is 2.54. The number of fused-ring (bicyclic) bond motifs is 2. The summed E-state index contributed by atoms with van der Waals surface area (Å²) in [5.41, 5.74) is 1.03. The van der Waals surface area contributed by atoms with Gasteiger partial charge in [-0.15, -0.1) is 6.42 Å². The number of nitrogens with zero attached hydrogens (tertiary/aromatic N) is 6. The molecule has 4 aliphatic rings. The third kappa shape index (κ3) is 9.44. The van der Waals surface area contributed by atoms with E-state index >= 15 is 0 Å². The van der Waals surface area contributed by atoms with Gasteiger partial charge in [-0.05, 0) is 118 Å². The predicted octanol–water partition coefficient (Wildman–Crippen LogP) is 7.08. The van der Waals surface area contributed by atoms with Crippen molar-refractivity contribution in [3.63, 3.8) is 0 Å². The Kier molecular flexibility index (Phi) is 13.2. The molecule has 2 aromatic heterocycles. The van der Waals surface area contributed by atoms with Gasteiger partial charge in [-0.25, -0.2) is 29.0 Å². The van der Waals surface area contributed by atoms with E-state index in [1.54, 1.807) is 65.8 Å². The lowest BCUT2D eigenvalue weighted by atomic mass is 9.87. The van der Waals surface area contributed by atoms with Crippen LogP contribution in [0.25, 0.3) is 21.8 Å². The molecule has 2 spiro atoms. The summed E-state index contributed by atoms with van der Waals surface area (Å²) in [4.78, 5) is 97.1. The van der Waals surface area contributed by atoms with Crippen LogP contribution >= 0.6 is 11.6 Å². The molecular weight excluding hydrogens is 896 g/mol. The molecule has 6 aromatic rings. The third-order valence-electron chi connectivity index (χ3n) is 11.9. The molecule has 0 unspecified atom stereocenters. The van der Waals surface area contributed by atoms with Gasteiger partial charge in [0.05, 0.1) is 27.3 Å². The van der Waals surface area contributed by atoms with E-state index in [-0.39, 0.29) is 35.3 Å². The number of piperidine rings is 2. The number of nitro benzene ring substituents is 1. The average Bonchev–Trinajstić information content (AvgIpc) is 3.73. The largest absolute Gasteiger partial charge is 0.414 e. The molecule has 4 fully saturated rings. The van der Waals surface area contributed by atoms with Crippen molar-refractivity contribution in [1.29, 1.82) is 0 Å². The Balaban J connectivity index is 0.000000153. The van der Waals surface area contributed by atoms with Gasteiger partial charge in [-0.3, -0.25) is 29.7 Å². The fourth-order valence-corrected chi connectivity index (χ4v) is 8.57. The predicted molar refractivity (Wildman–Crippen MR) is 252 cm³/mol. The molecule has 0 radical (unpaired) electrons. The minimum absolute atomic E-state index is 0.0747. The Morgan fingerprint density at radius 3 is 1.78 bits per heavy atom. The van der Waals surface area contributed by atoms with Crippen LogP contribution in [0.3, 0.4) is 0 Å². The van der Waals surface area contributed by atoms with Crippen molar-refractivity contribution in [1.82, 2.24) is 30.8 Å². The quantitative estimate of drug-likeness (QED) is 0.0446. The van der Waals surface area contributed by atoms with Crippen LogP contribution < -0.4 is 35.8 Å². The van der Waals surface area contributed by atoms with Crippen molar-refractivity contribution in [2.75, 3.05) is 41.3 Å². The molecule has 4 aromatic carbocycles. The van der Waals surface area contributed by atoms with Gasteiger partial charge in [0.25, 0.3) is 17.5 Å². The van der Waals surface area contributed by atoms with E-state index in [0.29, 0.717) is 66.9 Å². The number of anilines is 3. The maximum Gasteiger partial charge on any atom is 0.409 e. The summed E-state index contributed by atoms with van der Waals surface area (Å²) < 4.78 is 4.45. The normalized spacial score (nSPS) is 16.8. The van der Waals surface area contributed by atoms with E-state index in [0.717, 1.165) is 29.4 Å². The van der Waals surface area contributed by atoms with Crippen LogP contribution in [0.5, 0.6) is 5.75 Å². The molecule has 4 aliphatic heterocycles. The number of halogens is 1. The second kappa shape index (κ2) is 19.6. The Labute approximate surface area is 392 Å². The van der Waals surface area contributed by atoms with Crippen molar-refractivity contribution < 1.29 is 38.4 Å². The highest BCUT2D eigenvalue weighted by molar-refractivity contribution is 6.61. The molecule has 0 atom stereocenters. The molecule has 344 valence electrons. The molecule has 0 aliphatic carbocycles. The van der Waals surface area contributed by atoms with E-state index < -0.39 is 27.5 Å². The van der Waals surface area contributed by atoms with Crippen LogP contribution in [-0.4, -0.2) is 92.4 Å². The number of nitrogens with one attached hydrogen (secondary N) is 4. The van der Waals surface area contributed by atoms with Crippen molar-refractivity contribution in [3.05, 3.63) is 137 Å². The minimum atomic E-state index is -1.03. The Bertz CT molecular complexity index is 3010. The molecule has 68 heavy (non-hydrogen) atoms. The SMILES string of the molecule is C#Cc1cccc(NC(=O)N2CCC3(CC2)NC(=O)N(c2cccc4ncccc24)C3=O)c1.O=C(Cl)Oc1ccc([N+](=O)[O-])cc1.O=C1NC2(CCNCC2)C(=O)N1c1cccc2ncccc12. The van der Waals surface area contributed by atoms with Crippen molar-refractivity contribution in [3.8, 4) is 18.1 Å². The second-order valence-corrected chi connectivity index (χ2v) is 16.3. The highest BCUT2D eigenvalue weighted by atomic mass is 35.5. The van der Waals surface area contributed by atoms with E-state index in [2.05, 4.69) is 41.9 Å². The lowest BCUT2D eigenvalue weighted by Gasteiger charge is -2.37. The Morgan fingerprint density at radius 2 is 1.26 bits per heavy atom. The van der Waals surface area contributed by atoms with Crippen molar-refractivity contribution in [2.45, 2.75) is 36.8 Å². The van der Waals surface area contributed by atoms with Crippen LogP contribution in [0, 0.1) is 22.5 Å². The number of rotatable bonds is 5. The van der Waals surface area contributed by atoms with Gasteiger partial charge < -0.3 is 30.9 Å². The summed E-state index contributed by atoms with van der Waals surface area (Å²) in [6.07, 6.45) is 10.7. The molecule has 8 amide bonds. The number of imide groups is 2. The van der Waals surface area contributed by atoms with Gasteiger partial charge in [-0.1, -0.05) is 24.1 Å². The summed E-state index contributed by atoms with van der Waals surface area (Å²) in [5, 5.41) is 23.6. The number of ether oxygens (including phenoxy) is 1. The first-order valence-electron chi connectivity index (χ1n) is 21.3. The standard InChI is InChI=1S/C25H21N5O3.C16H16N4O2.C7H4ClNO4/c1-2-17-6-3-7-18(16-17)27-23(32)29-14-11-25(12-15-29)22(31)30(24(33)28-25)21-10-4-9-20-19(21)8-5-13-26-20;21-14-16(6-9-17-10-7-16)19-15(22)20(14)13-5-1-4-12-11(13)3-2-8-18-12;8-7(10)13-6-3-1-5(2-4-6)9(11)12/h1,3-10,13,16H,11-12,14-15H2,(H,27,32)(H,28,33);1-5,8,17H,6-7,9-10H2,(H,19,22);1-4H. The fourth-order valence-electron chi connectivity index (χ4n) is 8.48. The van der Waals surface area contributed by atoms with Gasteiger partial charge in [0.1, 0.15) is 16.8 Å². The molecule has 6 heterocycles. The number of terminal acetylenes is 1. The fraction of sp³-hybridized carbons (Fsp3) is 0.208. The zero-order valence-corrected chi connectivity index (χ0v) is 36.8. The lowest BCUT2D eigenvalue weighted by molar-refractivity contribution is -0.384. The van der Waals surface area contributed by atoms with Crippen LogP contribution in [0.15, 0.2) is 122 Å². The molecule has 0 bridgehead atoms. The number of urea groups is 3. The molecule has 4 N–H and O–H groups in total. The van der Waals surface area contributed by atoms with Gasteiger partial charge in [0.15, 0.2) is 0 Å². The van der Waals surface area contributed by atoms with Gasteiger partial charge in [0.2, 0.25) is 0 Å². The lowest BCUT2D eigenvalue weighted by Crippen LogP contribution is -2.56. The Morgan fingerprint density at radius 1 is 0.735 bits per heavy atom. The molecular formula is C48H41ClN10O9. The van der Waals surface area contributed by atoms with Crippen LogP contribution in [-0.2, 0) is 9.59 Å². The number of amides is 8. The minimum Gasteiger partial charge on any atom is -0.414 e. The van der Waals surface area contributed by atoms with E-state index in [1.807, 2.05) is 36.4 Å². The number of carbonyl (C=O) groups is 6. The summed E-state index contributed by atoms with van der Waals surface area (Å²) in [6.45, 7) is 2.13. The molecule has 0 saturated carbocycles. The summed E-state index contributed by atoms with van der Waals surface area (Å²) >= 11 is 4.92. The van der Waals surface area contributed by atoms with Crippen molar-refractivity contribution in [2.24, 2.45) is 0 Å². The summed E-state index contributed by atoms with van der Waals surface area (Å²) in [7, 11) is 0. The van der Waals surface area contributed by atoms with Crippen molar-refractivity contribution >= 4 is 91.5 Å².